The molecule has 1 heterocycles. The van der Waals surface area contributed by atoms with Crippen molar-refractivity contribution in [2.75, 3.05) is 9.80 Å². The molecule has 0 fully saturated rings. The molecule has 0 radical (unpaired) electrons. The molecule has 0 bridgehead atoms. The molecule has 3 aliphatic rings. The van der Waals surface area contributed by atoms with Gasteiger partial charge in [-0.2, -0.15) is 0 Å². The molecule has 1 spiro atoms. The van der Waals surface area contributed by atoms with Gasteiger partial charge in [-0.15, -0.1) is 0 Å². The van der Waals surface area contributed by atoms with Crippen molar-refractivity contribution in [3.05, 3.63) is 252 Å². The van der Waals surface area contributed by atoms with Gasteiger partial charge in [-0.05, 0) is 133 Å². The smallest absolute Gasteiger partial charge is 0.0754 e. The summed E-state index contributed by atoms with van der Waals surface area (Å²) in [5.41, 5.74) is 22.1. The number of hydrogen-bond donors (Lipinski definition) is 0. The average Bonchev–Trinajstić information content (AvgIpc) is 3.72. The molecule has 9 aromatic carbocycles. The maximum Gasteiger partial charge on any atom is 0.0754 e. The van der Waals surface area contributed by atoms with Crippen LogP contribution in [0.2, 0.25) is 0 Å². The van der Waals surface area contributed by atoms with E-state index in [-0.39, 0.29) is 5.41 Å². The van der Waals surface area contributed by atoms with Crippen molar-refractivity contribution in [2.45, 2.75) is 24.7 Å². The molecule has 2 aliphatic carbocycles. The molecule has 2 heteroatoms. The van der Waals surface area contributed by atoms with Crippen molar-refractivity contribution in [3.63, 3.8) is 0 Å². The summed E-state index contributed by atoms with van der Waals surface area (Å²) in [6.45, 7) is 4.71. The second-order valence-corrected chi connectivity index (χ2v) is 16.9. The monoisotopic (exact) mass is 766 g/mol. The number of rotatable bonds is 5. The first-order valence-corrected chi connectivity index (χ1v) is 21.0. The van der Waals surface area contributed by atoms with Crippen LogP contribution >= 0.6 is 0 Å². The minimum absolute atomic E-state index is 0.0854. The van der Waals surface area contributed by atoms with Crippen LogP contribution in [0, 0.1) is 0 Å². The molecule has 0 saturated carbocycles. The van der Waals surface area contributed by atoms with Crippen LogP contribution in [-0.2, 0) is 10.8 Å². The normalized spacial score (nSPS) is 14.4. The molecule has 0 unspecified atom stereocenters. The van der Waals surface area contributed by atoms with Crippen LogP contribution in [0.1, 0.15) is 47.2 Å². The van der Waals surface area contributed by atoms with E-state index in [2.05, 4.69) is 242 Å². The quantitative estimate of drug-likeness (QED) is 0.172. The largest absolute Gasteiger partial charge is 0.310 e. The molecule has 9 aromatic rings. The van der Waals surface area contributed by atoms with E-state index in [4.69, 9.17) is 0 Å². The van der Waals surface area contributed by atoms with Crippen LogP contribution in [0.25, 0.3) is 33.4 Å². The number of para-hydroxylation sites is 4. The molecule has 60 heavy (non-hydrogen) atoms. The van der Waals surface area contributed by atoms with E-state index >= 15 is 0 Å². The summed E-state index contributed by atoms with van der Waals surface area (Å²) in [5.74, 6) is 0. The van der Waals surface area contributed by atoms with Crippen LogP contribution < -0.4 is 9.80 Å². The Hall–Kier alpha value is -7.42. The van der Waals surface area contributed by atoms with E-state index in [1.165, 1.54) is 78.1 Å². The molecule has 0 amide bonds. The summed E-state index contributed by atoms with van der Waals surface area (Å²) in [6.07, 6.45) is 0. The van der Waals surface area contributed by atoms with E-state index in [0.29, 0.717) is 0 Å². The molecule has 12 rings (SSSR count). The molecule has 1 aliphatic heterocycles. The van der Waals surface area contributed by atoms with Gasteiger partial charge in [0.2, 0.25) is 0 Å². The van der Waals surface area contributed by atoms with Crippen molar-refractivity contribution < 1.29 is 0 Å². The Bertz CT molecular complexity index is 3080. The Morgan fingerprint density at radius 1 is 0.333 bits per heavy atom. The van der Waals surface area contributed by atoms with Crippen molar-refractivity contribution in [3.8, 4) is 33.4 Å². The molecule has 0 atom stereocenters. The number of anilines is 6. The van der Waals surface area contributed by atoms with Crippen LogP contribution in [0.3, 0.4) is 0 Å². The maximum absolute atomic E-state index is 2.48. The topological polar surface area (TPSA) is 6.48 Å². The predicted octanol–water partition coefficient (Wildman–Crippen LogP) is 15.3. The molecule has 284 valence electrons. The highest BCUT2D eigenvalue weighted by atomic mass is 15.2. The van der Waals surface area contributed by atoms with Gasteiger partial charge in [-0.1, -0.05) is 166 Å². The van der Waals surface area contributed by atoms with Crippen molar-refractivity contribution >= 4 is 34.1 Å². The van der Waals surface area contributed by atoms with E-state index in [1.807, 2.05) is 0 Å². The first-order valence-electron chi connectivity index (χ1n) is 21.0. The van der Waals surface area contributed by atoms with E-state index in [0.717, 1.165) is 22.7 Å². The lowest BCUT2D eigenvalue weighted by molar-refractivity contribution is 0.660. The third-order valence-corrected chi connectivity index (χ3v) is 13.5. The highest BCUT2D eigenvalue weighted by molar-refractivity contribution is 5.97. The van der Waals surface area contributed by atoms with Gasteiger partial charge in [0.15, 0.2) is 0 Å². The van der Waals surface area contributed by atoms with Gasteiger partial charge in [0, 0.05) is 28.2 Å². The molecule has 0 aromatic heterocycles. The second kappa shape index (κ2) is 13.0. The van der Waals surface area contributed by atoms with E-state index in [1.54, 1.807) is 0 Å². The fourth-order valence-corrected chi connectivity index (χ4v) is 10.8. The Kier molecular flexibility index (Phi) is 7.52. The molecule has 0 N–H and O–H groups in total. The summed E-state index contributed by atoms with van der Waals surface area (Å²) in [5, 5.41) is 0. The third-order valence-electron chi connectivity index (χ3n) is 13.5. The fraction of sp³-hybridized carbons (Fsp3) is 0.0690. The summed E-state index contributed by atoms with van der Waals surface area (Å²) in [6, 6.07) is 80.9. The zero-order valence-corrected chi connectivity index (χ0v) is 33.7. The minimum atomic E-state index is -0.495. The first kappa shape index (κ1) is 34.6. The summed E-state index contributed by atoms with van der Waals surface area (Å²) >= 11 is 0. The van der Waals surface area contributed by atoms with Gasteiger partial charge in [-0.25, -0.2) is 0 Å². The molecular weight excluding hydrogens is 725 g/mol. The lowest BCUT2D eigenvalue weighted by atomic mass is 9.64. The van der Waals surface area contributed by atoms with Crippen LogP contribution in [0.15, 0.2) is 218 Å². The van der Waals surface area contributed by atoms with Crippen LogP contribution in [-0.4, -0.2) is 0 Å². The SMILES string of the molecule is CC1(C)c2ccccc2-c2ccc(N(c3ccccc3)c3ccc(-c4ccc5c(c4)C4(c6ccccc6-5)c5ccccc5N(c5ccccc5)c5ccccc54)cc3)cc21. The third kappa shape index (κ3) is 4.82. The summed E-state index contributed by atoms with van der Waals surface area (Å²) < 4.78 is 0. The van der Waals surface area contributed by atoms with Crippen molar-refractivity contribution in [1.82, 2.24) is 0 Å². The van der Waals surface area contributed by atoms with Gasteiger partial charge < -0.3 is 9.80 Å². The van der Waals surface area contributed by atoms with E-state index < -0.39 is 5.41 Å². The summed E-state index contributed by atoms with van der Waals surface area (Å²) in [7, 11) is 0. The fourth-order valence-electron chi connectivity index (χ4n) is 10.8. The standard InChI is InChI=1S/C58H42N2/c1-57(2)49-23-11-9-21-45(49)47-36-34-44(38-53(47)57)59(41-17-5-3-6-18-41)43-32-29-39(30-33-43)40-31-35-48-46-22-10-12-24-50(46)58(54(48)37-40)51-25-13-15-27-55(51)60(42-19-7-4-8-20-42)56-28-16-14-26-52(56)58/h3-38H,1-2H3. The van der Waals surface area contributed by atoms with Gasteiger partial charge in [-0.3, -0.25) is 0 Å². The Morgan fingerprint density at radius 3 is 1.48 bits per heavy atom. The predicted molar refractivity (Wildman–Crippen MR) is 250 cm³/mol. The number of hydrogen-bond acceptors (Lipinski definition) is 2. The Labute approximate surface area is 352 Å². The van der Waals surface area contributed by atoms with Crippen molar-refractivity contribution in [1.29, 1.82) is 0 Å². The zero-order chi connectivity index (χ0) is 40.0. The second-order valence-electron chi connectivity index (χ2n) is 16.9. The minimum Gasteiger partial charge on any atom is -0.310 e. The van der Waals surface area contributed by atoms with Crippen molar-refractivity contribution in [2.24, 2.45) is 0 Å². The lowest BCUT2D eigenvalue weighted by Crippen LogP contribution is -2.36. The maximum atomic E-state index is 2.48. The van der Waals surface area contributed by atoms with Gasteiger partial charge in [0.25, 0.3) is 0 Å². The number of benzene rings is 9. The summed E-state index contributed by atoms with van der Waals surface area (Å²) in [4.78, 5) is 4.84. The van der Waals surface area contributed by atoms with Gasteiger partial charge >= 0.3 is 0 Å². The van der Waals surface area contributed by atoms with Crippen LogP contribution in [0.5, 0.6) is 0 Å². The Morgan fingerprint density at radius 2 is 0.800 bits per heavy atom. The lowest BCUT2D eigenvalue weighted by Gasteiger charge is -2.45. The highest BCUT2D eigenvalue weighted by Crippen LogP contribution is 2.63. The highest BCUT2D eigenvalue weighted by Gasteiger charge is 2.51. The zero-order valence-electron chi connectivity index (χ0n) is 33.7. The van der Waals surface area contributed by atoms with Gasteiger partial charge in [0.05, 0.1) is 16.8 Å². The first-order chi connectivity index (χ1) is 29.5. The molecular formula is C58H42N2. The van der Waals surface area contributed by atoms with E-state index in [9.17, 15) is 0 Å². The van der Waals surface area contributed by atoms with Gasteiger partial charge in [0.1, 0.15) is 0 Å². The Balaban J connectivity index is 0.998. The molecule has 0 saturated heterocycles. The average molecular weight is 767 g/mol. The number of fused-ring (bicyclic) bond motifs is 12. The van der Waals surface area contributed by atoms with Crippen LogP contribution in [0.4, 0.5) is 34.1 Å². The number of nitrogens with zero attached hydrogens (tertiary/aromatic N) is 2. The molecule has 2 nitrogen and oxygen atoms in total.